The normalized spacial score (nSPS) is 11.1. The maximum atomic E-state index is 5.90. The molecule has 0 spiro atoms. The van der Waals surface area contributed by atoms with Crippen LogP contribution in [0.3, 0.4) is 0 Å². The van der Waals surface area contributed by atoms with Gasteiger partial charge in [0.2, 0.25) is 0 Å². The van der Waals surface area contributed by atoms with Crippen molar-refractivity contribution in [3.63, 3.8) is 0 Å². The smallest absolute Gasteiger partial charge is 0.157 e. The van der Waals surface area contributed by atoms with Crippen molar-refractivity contribution < 1.29 is 0 Å². The Morgan fingerprint density at radius 1 is 1.40 bits per heavy atom. The average molecular weight is 204 g/mol. The summed E-state index contributed by atoms with van der Waals surface area (Å²) in [5.74, 6) is 0.666. The Kier molecular flexibility index (Phi) is 2.58. The molecule has 0 saturated carbocycles. The van der Waals surface area contributed by atoms with Crippen molar-refractivity contribution in [2.45, 2.75) is 33.1 Å². The number of aromatic nitrogens is 3. The summed E-state index contributed by atoms with van der Waals surface area (Å²) >= 11 is 0. The van der Waals surface area contributed by atoms with E-state index in [1.54, 1.807) is 4.52 Å². The average Bonchev–Trinajstić information content (AvgIpc) is 2.56. The fourth-order valence-corrected chi connectivity index (χ4v) is 1.65. The molecule has 2 N–H and O–H groups in total. The van der Waals surface area contributed by atoms with Crippen LogP contribution in [0.1, 0.15) is 31.2 Å². The zero-order valence-electron chi connectivity index (χ0n) is 9.20. The van der Waals surface area contributed by atoms with Gasteiger partial charge in [-0.25, -0.2) is 4.98 Å². The van der Waals surface area contributed by atoms with Crippen molar-refractivity contribution in [3.05, 3.63) is 23.5 Å². The molecule has 0 aliphatic rings. The number of rotatable bonds is 3. The molecule has 0 bridgehead atoms. The molecule has 2 rings (SSSR count). The van der Waals surface area contributed by atoms with E-state index in [0.29, 0.717) is 5.82 Å². The highest BCUT2D eigenvalue weighted by Crippen LogP contribution is 2.12. The zero-order valence-corrected chi connectivity index (χ0v) is 9.20. The molecule has 2 heterocycles. The topological polar surface area (TPSA) is 56.2 Å². The molecule has 0 fully saturated rings. The molecule has 0 unspecified atom stereocenters. The number of nitrogen functional groups attached to an aromatic ring is 1. The number of nitrogens with zero attached hydrogens (tertiary/aromatic N) is 3. The van der Waals surface area contributed by atoms with Gasteiger partial charge in [-0.3, -0.25) is 0 Å². The Balaban J connectivity index is 2.42. The van der Waals surface area contributed by atoms with E-state index in [-0.39, 0.29) is 0 Å². The fraction of sp³-hybridized carbons (Fsp3) is 0.455. The molecule has 4 heteroatoms. The van der Waals surface area contributed by atoms with Gasteiger partial charge in [-0.15, -0.1) is 0 Å². The summed E-state index contributed by atoms with van der Waals surface area (Å²) in [5, 5.41) is 4.26. The van der Waals surface area contributed by atoms with Crippen LogP contribution in [0.25, 0.3) is 5.65 Å². The van der Waals surface area contributed by atoms with Crippen LogP contribution in [0, 0.1) is 6.92 Å². The molecular formula is C11H16N4. The second kappa shape index (κ2) is 3.88. The molecule has 2 aromatic heterocycles. The Hall–Kier alpha value is -1.58. The molecule has 4 nitrogen and oxygen atoms in total. The van der Waals surface area contributed by atoms with E-state index in [2.05, 4.69) is 17.0 Å². The van der Waals surface area contributed by atoms with E-state index in [1.807, 2.05) is 19.1 Å². The number of fused-ring (bicyclic) bond motifs is 1. The van der Waals surface area contributed by atoms with Gasteiger partial charge in [0.05, 0.1) is 5.69 Å². The summed E-state index contributed by atoms with van der Waals surface area (Å²) in [6, 6.07) is 3.86. The van der Waals surface area contributed by atoms with E-state index in [0.717, 1.165) is 29.9 Å². The van der Waals surface area contributed by atoms with Crippen molar-refractivity contribution in [2.75, 3.05) is 5.73 Å². The highest BCUT2D eigenvalue weighted by molar-refractivity contribution is 5.48. The lowest BCUT2D eigenvalue weighted by molar-refractivity contribution is 0.773. The summed E-state index contributed by atoms with van der Waals surface area (Å²) in [4.78, 5) is 4.51. The number of unbranched alkanes of at least 4 members (excludes halogenated alkanes) is 1. The van der Waals surface area contributed by atoms with Gasteiger partial charge in [-0.2, -0.15) is 9.61 Å². The number of nitrogens with two attached hydrogens (primary N) is 1. The maximum absolute atomic E-state index is 5.90. The molecule has 2 aromatic rings. The highest BCUT2D eigenvalue weighted by atomic mass is 15.3. The molecule has 15 heavy (non-hydrogen) atoms. The third-order valence-corrected chi connectivity index (χ3v) is 2.42. The van der Waals surface area contributed by atoms with Gasteiger partial charge in [0.15, 0.2) is 5.65 Å². The molecular weight excluding hydrogens is 188 g/mol. The minimum atomic E-state index is 0.666. The van der Waals surface area contributed by atoms with Gasteiger partial charge in [0, 0.05) is 17.8 Å². The Labute approximate surface area is 89.1 Å². The van der Waals surface area contributed by atoms with Gasteiger partial charge in [0.25, 0.3) is 0 Å². The standard InChI is InChI=1S/C11H16N4/c1-3-4-5-9-7-10(12)15-11(13-9)6-8(2)14-15/h6-7H,3-5,12H2,1-2H3. The lowest BCUT2D eigenvalue weighted by Gasteiger charge is -2.03. The molecule has 0 aliphatic heterocycles. The number of hydrogen-bond acceptors (Lipinski definition) is 3. The minimum Gasteiger partial charge on any atom is -0.384 e. The Morgan fingerprint density at radius 2 is 2.20 bits per heavy atom. The highest BCUT2D eigenvalue weighted by Gasteiger charge is 2.04. The first kappa shape index (κ1) is 9.96. The first-order valence-corrected chi connectivity index (χ1v) is 5.32. The van der Waals surface area contributed by atoms with E-state index in [1.165, 1.54) is 6.42 Å². The quantitative estimate of drug-likeness (QED) is 0.831. The minimum absolute atomic E-state index is 0.666. The first-order valence-electron chi connectivity index (χ1n) is 5.32. The molecule has 0 aromatic carbocycles. The van der Waals surface area contributed by atoms with Gasteiger partial charge >= 0.3 is 0 Å². The maximum Gasteiger partial charge on any atom is 0.157 e. The van der Waals surface area contributed by atoms with Crippen LogP contribution in [0.15, 0.2) is 12.1 Å². The third-order valence-electron chi connectivity index (χ3n) is 2.42. The third kappa shape index (κ3) is 1.93. The SMILES string of the molecule is CCCCc1cc(N)n2nc(C)cc2n1. The predicted octanol–water partition coefficient (Wildman–Crippen LogP) is 1.96. The summed E-state index contributed by atoms with van der Waals surface area (Å²) < 4.78 is 1.69. The molecule has 0 aliphatic carbocycles. The zero-order chi connectivity index (χ0) is 10.8. The Bertz CT molecular complexity index is 473. The van der Waals surface area contributed by atoms with Crippen LogP contribution < -0.4 is 5.73 Å². The van der Waals surface area contributed by atoms with E-state index >= 15 is 0 Å². The Morgan fingerprint density at radius 3 is 2.93 bits per heavy atom. The molecule has 0 radical (unpaired) electrons. The van der Waals surface area contributed by atoms with Gasteiger partial charge in [-0.1, -0.05) is 13.3 Å². The van der Waals surface area contributed by atoms with E-state index in [4.69, 9.17) is 5.73 Å². The van der Waals surface area contributed by atoms with Crippen molar-refractivity contribution in [1.29, 1.82) is 0 Å². The van der Waals surface area contributed by atoms with Gasteiger partial charge in [0.1, 0.15) is 5.82 Å². The van der Waals surface area contributed by atoms with Crippen molar-refractivity contribution >= 4 is 11.5 Å². The number of hydrogen-bond donors (Lipinski definition) is 1. The van der Waals surface area contributed by atoms with Gasteiger partial charge < -0.3 is 5.73 Å². The van der Waals surface area contributed by atoms with Crippen molar-refractivity contribution in [3.8, 4) is 0 Å². The molecule has 80 valence electrons. The summed E-state index contributed by atoms with van der Waals surface area (Å²) in [6.45, 7) is 4.12. The van der Waals surface area contributed by atoms with E-state index in [9.17, 15) is 0 Å². The molecule has 0 saturated heterocycles. The second-order valence-corrected chi connectivity index (χ2v) is 3.83. The summed E-state index contributed by atoms with van der Waals surface area (Å²) in [5.41, 5.74) is 8.75. The monoisotopic (exact) mass is 204 g/mol. The van der Waals surface area contributed by atoms with Crippen molar-refractivity contribution in [2.24, 2.45) is 0 Å². The second-order valence-electron chi connectivity index (χ2n) is 3.83. The largest absolute Gasteiger partial charge is 0.384 e. The van der Waals surface area contributed by atoms with Gasteiger partial charge in [-0.05, 0) is 19.8 Å². The predicted molar refractivity (Wildman–Crippen MR) is 60.7 cm³/mol. The van der Waals surface area contributed by atoms with Crippen LogP contribution in [-0.4, -0.2) is 14.6 Å². The summed E-state index contributed by atoms with van der Waals surface area (Å²) in [7, 11) is 0. The van der Waals surface area contributed by atoms with Crippen LogP contribution in [0.2, 0.25) is 0 Å². The lowest BCUT2D eigenvalue weighted by Crippen LogP contribution is -2.03. The van der Waals surface area contributed by atoms with Crippen LogP contribution in [0.4, 0.5) is 5.82 Å². The van der Waals surface area contributed by atoms with E-state index < -0.39 is 0 Å². The van der Waals surface area contributed by atoms with Crippen LogP contribution >= 0.6 is 0 Å². The van der Waals surface area contributed by atoms with Crippen molar-refractivity contribution in [1.82, 2.24) is 14.6 Å². The number of aryl methyl sites for hydroxylation is 2. The first-order chi connectivity index (χ1) is 7.20. The summed E-state index contributed by atoms with van der Waals surface area (Å²) in [6.07, 6.45) is 3.31. The van der Waals surface area contributed by atoms with Crippen LogP contribution in [0.5, 0.6) is 0 Å². The molecule has 0 amide bonds. The molecule has 0 atom stereocenters. The number of anilines is 1. The lowest BCUT2D eigenvalue weighted by atomic mass is 10.2. The van der Waals surface area contributed by atoms with Crippen LogP contribution in [-0.2, 0) is 6.42 Å². The fourth-order valence-electron chi connectivity index (χ4n) is 1.65.